The number of nitrogens with zero attached hydrogens (tertiary/aromatic N) is 5. The maximum absolute atomic E-state index is 17.2. The second kappa shape index (κ2) is 13.8. The predicted octanol–water partition coefficient (Wildman–Crippen LogP) is 7.64. The minimum Gasteiger partial charge on any atom is -0.508 e. The monoisotopic (exact) mass is 733 g/mol. The topological polar surface area (TPSA) is 93.1 Å². The van der Waals surface area contributed by atoms with E-state index in [2.05, 4.69) is 20.8 Å². The fourth-order valence-corrected chi connectivity index (χ4v) is 9.43. The summed E-state index contributed by atoms with van der Waals surface area (Å²) >= 11 is 0. The van der Waals surface area contributed by atoms with E-state index >= 15 is 8.78 Å². The number of terminal acetylenes is 1. The Kier molecular flexibility index (Phi) is 9.26. The molecule has 53 heavy (non-hydrogen) atoms. The Morgan fingerprint density at radius 1 is 1.02 bits per heavy atom. The average molecular weight is 734 g/mol. The Hall–Kier alpha value is -4.41. The molecule has 3 unspecified atom stereocenters. The van der Waals surface area contributed by atoms with Gasteiger partial charge in [0.1, 0.15) is 34.0 Å². The largest absolute Gasteiger partial charge is 0.508 e. The van der Waals surface area contributed by atoms with E-state index in [1.54, 1.807) is 0 Å². The normalized spacial score (nSPS) is 25.0. The molecule has 4 heterocycles. The van der Waals surface area contributed by atoms with Gasteiger partial charge in [0.05, 0.1) is 32.0 Å². The molecule has 8 rings (SSSR count). The van der Waals surface area contributed by atoms with E-state index in [-0.39, 0.29) is 87.2 Å². The SMILES string of the molecule is C#Cc1c(F)ccc2cc(O)cc(-c3nc(OC)c4c(N5CCOC(C)C5)nc(OCC56CCCC5N(C5CCC(F)(F)CC5)CCC6)nc4c3F)c12. The van der Waals surface area contributed by atoms with Crippen LogP contribution in [0.2, 0.25) is 0 Å². The zero-order valence-corrected chi connectivity index (χ0v) is 29.9. The molecule has 2 aliphatic carbocycles. The first-order valence-corrected chi connectivity index (χ1v) is 18.5. The Bertz CT molecular complexity index is 2100. The number of alkyl halides is 2. The number of hydrogen-bond donors (Lipinski definition) is 1. The number of phenolic OH excluding ortho intramolecular Hbond substituents is 1. The van der Waals surface area contributed by atoms with Gasteiger partial charge in [-0.2, -0.15) is 9.97 Å². The molecule has 1 N–H and O–H groups in total. The van der Waals surface area contributed by atoms with Crippen LogP contribution in [0.25, 0.3) is 32.9 Å². The zero-order valence-electron chi connectivity index (χ0n) is 29.9. The maximum atomic E-state index is 17.2. The van der Waals surface area contributed by atoms with Crippen molar-refractivity contribution in [3.8, 4) is 41.2 Å². The van der Waals surface area contributed by atoms with Crippen LogP contribution in [0.4, 0.5) is 23.4 Å². The Labute approximate surface area is 305 Å². The van der Waals surface area contributed by atoms with E-state index in [1.807, 2.05) is 11.8 Å². The number of benzene rings is 2. The first-order chi connectivity index (χ1) is 25.5. The first kappa shape index (κ1) is 35.6. The molecule has 0 radical (unpaired) electrons. The van der Waals surface area contributed by atoms with Crippen LogP contribution in [0.3, 0.4) is 0 Å². The number of aromatic hydroxyl groups is 1. The number of morpholine rings is 1. The van der Waals surface area contributed by atoms with Gasteiger partial charge in [-0.25, -0.2) is 22.5 Å². The van der Waals surface area contributed by atoms with Gasteiger partial charge in [0.15, 0.2) is 5.82 Å². The number of methoxy groups -OCH3 is 1. The standard InChI is InChI=1S/C40H43F4N5O4/c1-4-27-29(41)9-8-24-19-26(50)20-28(31(24)27)34-33(42)35-32(37(45-34)51-3)36(48-17-18-52-23(2)21-48)47-38(46-35)53-22-39-12-5-7-30(39)49(16-6-13-39)25-10-14-40(43,44)15-11-25/h1,8-9,19-20,23,25,30,50H,5-7,10-18,21-22H2,2-3H3. The third-order valence-corrected chi connectivity index (χ3v) is 11.9. The van der Waals surface area contributed by atoms with Gasteiger partial charge in [-0.1, -0.05) is 18.4 Å². The summed E-state index contributed by atoms with van der Waals surface area (Å²) in [5, 5.41) is 11.5. The van der Waals surface area contributed by atoms with E-state index in [4.69, 9.17) is 25.6 Å². The van der Waals surface area contributed by atoms with Crippen molar-refractivity contribution in [3.05, 3.63) is 41.5 Å². The van der Waals surface area contributed by atoms with Crippen LogP contribution < -0.4 is 14.4 Å². The number of piperidine rings is 1. The molecule has 13 heteroatoms. The Balaban J connectivity index is 1.23. The van der Waals surface area contributed by atoms with Crippen molar-refractivity contribution in [2.24, 2.45) is 5.41 Å². The number of phenols is 1. The molecular formula is C40H43F4N5O4. The van der Waals surface area contributed by atoms with Gasteiger partial charge in [0, 0.05) is 54.4 Å². The van der Waals surface area contributed by atoms with Crippen molar-refractivity contribution in [2.45, 2.75) is 88.8 Å². The number of ether oxygens (including phenoxy) is 3. The molecule has 2 aromatic carbocycles. The third-order valence-electron chi connectivity index (χ3n) is 11.9. The van der Waals surface area contributed by atoms with E-state index in [9.17, 15) is 13.9 Å². The lowest BCUT2D eigenvalue weighted by atomic mass is 9.74. The van der Waals surface area contributed by atoms with Crippen LogP contribution in [0.1, 0.15) is 70.3 Å². The predicted molar refractivity (Wildman–Crippen MR) is 193 cm³/mol. The van der Waals surface area contributed by atoms with Crippen LogP contribution in [0, 0.1) is 29.4 Å². The number of rotatable bonds is 7. The summed E-state index contributed by atoms with van der Waals surface area (Å²) in [5.41, 5.74) is -0.599. The summed E-state index contributed by atoms with van der Waals surface area (Å²) in [6.45, 7) is 4.46. The van der Waals surface area contributed by atoms with Crippen molar-refractivity contribution in [2.75, 3.05) is 44.9 Å². The van der Waals surface area contributed by atoms with Crippen LogP contribution in [0.15, 0.2) is 24.3 Å². The van der Waals surface area contributed by atoms with Crippen molar-refractivity contribution in [1.29, 1.82) is 0 Å². The third kappa shape index (κ3) is 6.37. The highest BCUT2D eigenvalue weighted by Gasteiger charge is 2.51. The molecule has 9 nitrogen and oxygen atoms in total. The van der Waals surface area contributed by atoms with E-state index < -0.39 is 17.6 Å². The molecule has 2 aliphatic heterocycles. The smallest absolute Gasteiger partial charge is 0.319 e. The molecule has 280 valence electrons. The summed E-state index contributed by atoms with van der Waals surface area (Å²) in [4.78, 5) is 18.6. The molecule has 0 amide bonds. The molecule has 3 atom stereocenters. The molecule has 2 saturated carbocycles. The van der Waals surface area contributed by atoms with Crippen molar-refractivity contribution in [3.63, 3.8) is 0 Å². The molecule has 2 aromatic heterocycles. The van der Waals surface area contributed by atoms with Crippen LogP contribution in [-0.2, 0) is 4.74 Å². The number of likely N-dealkylation sites (tertiary alicyclic amines) is 1. The summed E-state index contributed by atoms with van der Waals surface area (Å²) in [6.07, 6.45) is 11.1. The minimum absolute atomic E-state index is 0.0182. The maximum Gasteiger partial charge on any atom is 0.319 e. The van der Waals surface area contributed by atoms with Gasteiger partial charge >= 0.3 is 6.01 Å². The van der Waals surface area contributed by atoms with Gasteiger partial charge in [-0.15, -0.1) is 6.42 Å². The lowest BCUT2D eigenvalue weighted by molar-refractivity contribution is -0.0801. The van der Waals surface area contributed by atoms with E-state index in [0.29, 0.717) is 50.3 Å². The van der Waals surface area contributed by atoms with Crippen LogP contribution in [-0.4, -0.2) is 89.0 Å². The van der Waals surface area contributed by atoms with Gasteiger partial charge in [0.2, 0.25) is 11.8 Å². The number of anilines is 1. The van der Waals surface area contributed by atoms with Crippen molar-refractivity contribution in [1.82, 2.24) is 19.9 Å². The molecule has 4 fully saturated rings. The molecule has 2 saturated heterocycles. The quantitative estimate of drug-likeness (QED) is 0.152. The average Bonchev–Trinajstić information content (AvgIpc) is 3.59. The Morgan fingerprint density at radius 3 is 2.57 bits per heavy atom. The zero-order chi connectivity index (χ0) is 37.1. The fourth-order valence-electron chi connectivity index (χ4n) is 9.43. The highest BCUT2D eigenvalue weighted by Crippen LogP contribution is 2.50. The number of aromatic nitrogens is 3. The number of fused-ring (bicyclic) bond motifs is 3. The number of pyridine rings is 1. The van der Waals surface area contributed by atoms with Gasteiger partial charge in [0.25, 0.3) is 0 Å². The van der Waals surface area contributed by atoms with Crippen molar-refractivity contribution < 1.29 is 36.9 Å². The minimum atomic E-state index is -2.59. The highest BCUT2D eigenvalue weighted by molar-refractivity contribution is 6.04. The van der Waals surface area contributed by atoms with Crippen LogP contribution >= 0.6 is 0 Å². The van der Waals surface area contributed by atoms with E-state index in [1.165, 1.54) is 31.4 Å². The summed E-state index contributed by atoms with van der Waals surface area (Å²) < 4.78 is 78.5. The van der Waals surface area contributed by atoms with Crippen molar-refractivity contribution >= 4 is 27.5 Å². The fraction of sp³-hybridized carbons (Fsp3) is 0.525. The second-order valence-corrected chi connectivity index (χ2v) is 15.1. The molecular weight excluding hydrogens is 690 g/mol. The van der Waals surface area contributed by atoms with E-state index in [0.717, 1.165) is 38.6 Å². The lowest BCUT2D eigenvalue weighted by Crippen LogP contribution is -2.56. The lowest BCUT2D eigenvalue weighted by Gasteiger charge is -2.50. The molecule has 0 bridgehead atoms. The van der Waals surface area contributed by atoms with Gasteiger partial charge in [-0.3, -0.25) is 4.90 Å². The Morgan fingerprint density at radius 2 is 1.81 bits per heavy atom. The highest BCUT2D eigenvalue weighted by atomic mass is 19.3. The second-order valence-electron chi connectivity index (χ2n) is 15.1. The van der Waals surface area contributed by atoms with Gasteiger partial charge < -0.3 is 24.2 Å². The summed E-state index contributed by atoms with van der Waals surface area (Å²) in [7, 11) is 1.41. The summed E-state index contributed by atoms with van der Waals surface area (Å²) in [6, 6.07) is 5.67. The molecule has 0 spiro atoms. The summed E-state index contributed by atoms with van der Waals surface area (Å²) in [5.74, 6) is -1.52. The molecule has 4 aromatic rings. The van der Waals surface area contributed by atoms with Gasteiger partial charge in [-0.05, 0) is 75.6 Å². The number of halogens is 4. The molecule has 4 aliphatic rings. The first-order valence-electron chi connectivity index (χ1n) is 18.5. The van der Waals surface area contributed by atoms with Crippen LogP contribution in [0.5, 0.6) is 17.6 Å². The number of hydrogen-bond acceptors (Lipinski definition) is 9.